The van der Waals surface area contributed by atoms with Crippen LogP contribution in [-0.2, 0) is 11.2 Å². The first kappa shape index (κ1) is 15.3. The van der Waals surface area contributed by atoms with E-state index in [9.17, 15) is 13.6 Å². The predicted octanol–water partition coefficient (Wildman–Crippen LogP) is 4.34. The standard InChI is InChI=1S/C16H9BrClF2NO/c17-10-5-4-8-6-9(22)7-21-16(13(8)15(10)18)14-11(19)2-1-3-12(14)20/h1-5H,6-7H2. The Morgan fingerprint density at radius 1 is 1.09 bits per heavy atom. The molecule has 0 bridgehead atoms. The van der Waals surface area contributed by atoms with Crippen LogP contribution in [0.3, 0.4) is 0 Å². The van der Waals surface area contributed by atoms with Crippen molar-refractivity contribution in [3.05, 3.63) is 68.2 Å². The van der Waals surface area contributed by atoms with Gasteiger partial charge in [-0.2, -0.15) is 0 Å². The van der Waals surface area contributed by atoms with Gasteiger partial charge in [-0.3, -0.25) is 9.79 Å². The van der Waals surface area contributed by atoms with Crippen molar-refractivity contribution < 1.29 is 13.6 Å². The highest BCUT2D eigenvalue weighted by molar-refractivity contribution is 9.10. The van der Waals surface area contributed by atoms with Gasteiger partial charge < -0.3 is 0 Å². The normalized spacial score (nSPS) is 14.4. The number of carbonyl (C=O) groups excluding carboxylic acids is 1. The molecule has 0 aromatic heterocycles. The van der Waals surface area contributed by atoms with Gasteiger partial charge in [0.15, 0.2) is 5.78 Å². The molecule has 0 fully saturated rings. The minimum atomic E-state index is -0.741. The SMILES string of the molecule is O=C1CN=C(c2c(F)cccc2F)c2c(ccc(Br)c2Cl)C1. The molecule has 0 aliphatic carbocycles. The van der Waals surface area contributed by atoms with Crippen LogP contribution < -0.4 is 0 Å². The Labute approximate surface area is 139 Å². The summed E-state index contributed by atoms with van der Waals surface area (Å²) in [5.74, 6) is -1.61. The quantitative estimate of drug-likeness (QED) is 0.719. The average Bonchev–Trinajstić information content (AvgIpc) is 2.63. The maximum atomic E-state index is 14.1. The summed E-state index contributed by atoms with van der Waals surface area (Å²) in [5, 5.41) is 0.286. The fourth-order valence-corrected chi connectivity index (χ4v) is 3.04. The molecular weight excluding hydrogens is 376 g/mol. The van der Waals surface area contributed by atoms with Crippen LogP contribution in [0.5, 0.6) is 0 Å². The van der Waals surface area contributed by atoms with Crippen molar-refractivity contribution in [2.75, 3.05) is 6.54 Å². The summed E-state index contributed by atoms with van der Waals surface area (Å²) in [7, 11) is 0. The van der Waals surface area contributed by atoms with Crippen molar-refractivity contribution in [3.8, 4) is 0 Å². The Bertz CT molecular complexity index is 800. The number of hydrogen-bond acceptors (Lipinski definition) is 2. The molecule has 0 unspecified atom stereocenters. The van der Waals surface area contributed by atoms with E-state index in [0.717, 1.165) is 12.1 Å². The van der Waals surface area contributed by atoms with Gasteiger partial charge in [-0.15, -0.1) is 0 Å². The van der Waals surface area contributed by atoms with E-state index in [4.69, 9.17) is 11.6 Å². The summed E-state index contributed by atoms with van der Waals surface area (Å²) in [6.45, 7) is -0.133. The number of fused-ring (bicyclic) bond motifs is 1. The highest BCUT2D eigenvalue weighted by Gasteiger charge is 2.26. The largest absolute Gasteiger partial charge is 0.297 e. The van der Waals surface area contributed by atoms with E-state index in [-0.39, 0.29) is 35.0 Å². The third kappa shape index (κ3) is 2.59. The van der Waals surface area contributed by atoms with Crippen LogP contribution in [-0.4, -0.2) is 18.0 Å². The van der Waals surface area contributed by atoms with Crippen molar-refractivity contribution >= 4 is 39.0 Å². The first-order valence-electron chi connectivity index (χ1n) is 6.47. The van der Waals surface area contributed by atoms with Crippen LogP contribution in [0.15, 0.2) is 39.8 Å². The zero-order valence-corrected chi connectivity index (χ0v) is 13.5. The van der Waals surface area contributed by atoms with Crippen molar-refractivity contribution in [2.45, 2.75) is 6.42 Å². The molecule has 2 nitrogen and oxygen atoms in total. The zero-order valence-electron chi connectivity index (χ0n) is 11.2. The van der Waals surface area contributed by atoms with E-state index >= 15 is 0 Å². The van der Waals surface area contributed by atoms with Crippen molar-refractivity contribution in [2.24, 2.45) is 4.99 Å². The van der Waals surface area contributed by atoms with Gasteiger partial charge in [0, 0.05) is 16.5 Å². The maximum absolute atomic E-state index is 14.1. The number of aliphatic imine (C=N–C) groups is 1. The second-order valence-electron chi connectivity index (χ2n) is 4.87. The second-order valence-corrected chi connectivity index (χ2v) is 6.10. The minimum absolute atomic E-state index is 0.0720. The molecule has 6 heteroatoms. The Morgan fingerprint density at radius 2 is 1.77 bits per heavy atom. The molecule has 22 heavy (non-hydrogen) atoms. The van der Waals surface area contributed by atoms with Gasteiger partial charge in [-0.25, -0.2) is 8.78 Å². The van der Waals surface area contributed by atoms with Gasteiger partial charge in [0.2, 0.25) is 0 Å². The summed E-state index contributed by atoms with van der Waals surface area (Å²) in [4.78, 5) is 16.0. The van der Waals surface area contributed by atoms with Crippen LogP contribution in [0.4, 0.5) is 8.78 Å². The van der Waals surface area contributed by atoms with Gasteiger partial charge in [0.05, 0.1) is 22.8 Å². The third-order valence-corrected chi connectivity index (χ3v) is 4.70. The number of Topliss-reactive ketones (excluding diaryl/α,β-unsaturated/α-hetero) is 1. The number of ketones is 1. The molecule has 0 spiro atoms. The van der Waals surface area contributed by atoms with E-state index in [1.165, 1.54) is 6.07 Å². The molecule has 2 aromatic carbocycles. The van der Waals surface area contributed by atoms with E-state index in [0.29, 0.717) is 15.6 Å². The van der Waals surface area contributed by atoms with E-state index < -0.39 is 11.6 Å². The monoisotopic (exact) mass is 383 g/mol. The molecule has 0 saturated carbocycles. The van der Waals surface area contributed by atoms with Crippen LogP contribution in [0, 0.1) is 11.6 Å². The fourth-order valence-electron chi connectivity index (χ4n) is 2.44. The molecule has 0 atom stereocenters. The average molecular weight is 385 g/mol. The molecule has 112 valence electrons. The molecule has 0 radical (unpaired) electrons. The Morgan fingerprint density at radius 3 is 2.45 bits per heavy atom. The smallest absolute Gasteiger partial charge is 0.158 e. The summed E-state index contributed by atoms with van der Waals surface area (Å²) in [6.07, 6.45) is 0.130. The molecular formula is C16H9BrClF2NO. The first-order valence-corrected chi connectivity index (χ1v) is 7.64. The Kier molecular flexibility index (Phi) is 4.10. The van der Waals surface area contributed by atoms with Crippen LogP contribution >= 0.6 is 27.5 Å². The minimum Gasteiger partial charge on any atom is -0.297 e. The van der Waals surface area contributed by atoms with Gasteiger partial charge in [-0.1, -0.05) is 23.7 Å². The Hall–Kier alpha value is -1.59. The summed E-state index contributed by atoms with van der Waals surface area (Å²) in [6, 6.07) is 7.00. The topological polar surface area (TPSA) is 29.4 Å². The van der Waals surface area contributed by atoms with Gasteiger partial charge in [0.1, 0.15) is 11.6 Å². The predicted molar refractivity (Wildman–Crippen MR) is 84.7 cm³/mol. The van der Waals surface area contributed by atoms with Crippen molar-refractivity contribution in [1.29, 1.82) is 0 Å². The maximum Gasteiger partial charge on any atom is 0.158 e. The lowest BCUT2D eigenvalue weighted by Crippen LogP contribution is -2.11. The number of halogens is 4. The molecule has 1 heterocycles. The van der Waals surface area contributed by atoms with Gasteiger partial charge in [0.25, 0.3) is 0 Å². The summed E-state index contributed by atoms with van der Waals surface area (Å²) in [5.41, 5.74) is 0.809. The van der Waals surface area contributed by atoms with Crippen LogP contribution in [0.25, 0.3) is 0 Å². The van der Waals surface area contributed by atoms with E-state index in [2.05, 4.69) is 20.9 Å². The number of benzene rings is 2. The van der Waals surface area contributed by atoms with Gasteiger partial charge in [-0.05, 0) is 39.7 Å². The van der Waals surface area contributed by atoms with E-state index in [1.807, 2.05) is 0 Å². The number of hydrogen-bond donors (Lipinski definition) is 0. The number of nitrogens with zero attached hydrogens (tertiary/aromatic N) is 1. The lowest BCUT2D eigenvalue weighted by molar-refractivity contribution is -0.117. The molecule has 3 rings (SSSR count). The van der Waals surface area contributed by atoms with Crippen LogP contribution in [0.1, 0.15) is 16.7 Å². The summed E-state index contributed by atoms with van der Waals surface area (Å²) >= 11 is 9.59. The molecule has 0 N–H and O–H groups in total. The third-order valence-electron chi connectivity index (χ3n) is 3.42. The van der Waals surface area contributed by atoms with Crippen molar-refractivity contribution in [3.63, 3.8) is 0 Å². The van der Waals surface area contributed by atoms with Crippen LogP contribution in [0.2, 0.25) is 5.02 Å². The molecule has 0 amide bonds. The van der Waals surface area contributed by atoms with Crippen molar-refractivity contribution in [1.82, 2.24) is 0 Å². The van der Waals surface area contributed by atoms with E-state index in [1.54, 1.807) is 12.1 Å². The molecule has 1 aliphatic heterocycles. The lowest BCUT2D eigenvalue weighted by Gasteiger charge is -2.14. The Balaban J connectivity index is 2.34. The van der Waals surface area contributed by atoms with Gasteiger partial charge >= 0.3 is 0 Å². The second kappa shape index (κ2) is 5.89. The lowest BCUT2D eigenvalue weighted by atomic mass is 9.95. The molecule has 2 aromatic rings. The number of rotatable bonds is 1. The first-order chi connectivity index (χ1) is 10.5. The number of carbonyl (C=O) groups is 1. The zero-order chi connectivity index (χ0) is 15.9. The molecule has 0 saturated heterocycles. The fraction of sp³-hybridized carbons (Fsp3) is 0.125. The molecule has 1 aliphatic rings. The highest BCUT2D eigenvalue weighted by Crippen LogP contribution is 2.33. The highest BCUT2D eigenvalue weighted by atomic mass is 79.9. The summed E-state index contributed by atoms with van der Waals surface area (Å²) < 4.78 is 28.8.